The van der Waals surface area contributed by atoms with Crippen LogP contribution in [0.1, 0.15) is 124 Å². The lowest BCUT2D eigenvalue weighted by atomic mass is 9.47. The normalized spacial score (nSPS) is 52.8. The van der Waals surface area contributed by atoms with E-state index in [0.717, 1.165) is 77.4 Å². The molecule has 1 spiro atoms. The molecule has 13 rings (SSSR count). The number of ether oxygens (including phenoxy) is 5. The van der Waals surface area contributed by atoms with Crippen molar-refractivity contribution < 1.29 is 48.3 Å². The van der Waals surface area contributed by atoms with E-state index >= 15 is 0 Å². The average Bonchev–Trinajstić information content (AvgIpc) is 3.05. The Labute approximate surface area is 314 Å². The molecule has 13 fully saturated rings. The number of carbonyl (C=O) groups excluding carboxylic acids is 3. The van der Waals surface area contributed by atoms with E-state index in [2.05, 4.69) is 20.8 Å². The highest BCUT2D eigenvalue weighted by atomic mass is 16.7. The van der Waals surface area contributed by atoms with Crippen LogP contribution in [-0.2, 0) is 38.1 Å². The Bertz CT molecular complexity index is 1520. The van der Waals surface area contributed by atoms with Crippen LogP contribution in [0.5, 0.6) is 0 Å². The van der Waals surface area contributed by atoms with Gasteiger partial charge in [-0.05, 0) is 137 Å². The quantitative estimate of drug-likeness (QED) is 0.291. The van der Waals surface area contributed by atoms with Gasteiger partial charge in [-0.1, -0.05) is 20.8 Å². The maximum atomic E-state index is 14.1. The van der Waals surface area contributed by atoms with Crippen LogP contribution in [0, 0.1) is 68.5 Å². The molecule has 12 saturated carbocycles. The minimum Gasteiger partial charge on any atom is -0.464 e. The van der Waals surface area contributed by atoms with Crippen LogP contribution in [0.15, 0.2) is 0 Å². The highest BCUT2D eigenvalue weighted by molar-refractivity contribution is 5.94. The Kier molecular flexibility index (Phi) is 7.77. The second-order valence-electron chi connectivity index (χ2n) is 22.6. The minimum absolute atomic E-state index is 0.00785. The van der Waals surface area contributed by atoms with Gasteiger partial charge < -0.3 is 33.9 Å². The van der Waals surface area contributed by atoms with E-state index in [-0.39, 0.29) is 85.1 Å². The van der Waals surface area contributed by atoms with Crippen molar-refractivity contribution in [3.63, 3.8) is 0 Å². The number of hydrogen-bond acceptors (Lipinski definition) is 10. The molecular formula is C43H62O10. The monoisotopic (exact) mass is 738 g/mol. The second-order valence-corrected chi connectivity index (χ2v) is 22.6. The molecule has 13 aliphatic rings. The number of ketones is 1. The van der Waals surface area contributed by atoms with Gasteiger partial charge in [-0.3, -0.25) is 14.4 Å². The first-order valence-corrected chi connectivity index (χ1v) is 21.1. The first-order chi connectivity index (χ1) is 25.0. The van der Waals surface area contributed by atoms with E-state index in [4.69, 9.17) is 23.7 Å². The number of hydrogen-bond donors (Lipinski definition) is 2. The van der Waals surface area contributed by atoms with Gasteiger partial charge in [0.1, 0.15) is 18.8 Å². The molecule has 8 unspecified atom stereocenters. The zero-order chi connectivity index (χ0) is 36.9. The third-order valence-corrected chi connectivity index (χ3v) is 16.5. The summed E-state index contributed by atoms with van der Waals surface area (Å²) >= 11 is 0. The predicted octanol–water partition coefficient (Wildman–Crippen LogP) is 5.53. The summed E-state index contributed by atoms with van der Waals surface area (Å²) in [6, 6.07) is 0. The third-order valence-electron chi connectivity index (χ3n) is 16.5. The predicted molar refractivity (Wildman–Crippen MR) is 190 cm³/mol. The maximum absolute atomic E-state index is 14.1. The summed E-state index contributed by atoms with van der Waals surface area (Å²) in [4.78, 5) is 41.3. The molecule has 12 aliphatic carbocycles. The number of Topliss-reactive ketones (excluding diaryl/α,β-unsaturated/α-hetero) is 1. The van der Waals surface area contributed by atoms with Crippen LogP contribution >= 0.6 is 0 Å². The van der Waals surface area contributed by atoms with Gasteiger partial charge in [0.05, 0.1) is 48.3 Å². The zero-order valence-corrected chi connectivity index (χ0v) is 32.3. The molecule has 294 valence electrons. The third kappa shape index (κ3) is 5.66. The number of rotatable bonds is 9. The molecule has 12 bridgehead atoms. The summed E-state index contributed by atoms with van der Waals surface area (Å²) in [6.45, 7) is 8.65. The van der Waals surface area contributed by atoms with Crippen molar-refractivity contribution in [2.24, 2.45) is 68.5 Å². The standard InChI is InChI=1S/C43H62O10/c1-36(2,3)20-49-21-37-8-26-6-31(16-37)43(32(7-26)17-37)52-24-38(25-53-43,22-50-34(45)39-9-27-4-28(10-39)13-41(47,12-27)18-39)23-51-35(46)40-11-29-5-30(15-40)33(44)42(48,14-29)19-40/h26-32,47-48H,4-25H2,1-3H3. The topological polar surface area (TPSA) is 138 Å². The Hall–Kier alpha value is -1.59. The Morgan fingerprint density at radius 3 is 1.85 bits per heavy atom. The number of aliphatic hydroxyl groups is 2. The van der Waals surface area contributed by atoms with Crippen molar-refractivity contribution in [3.05, 3.63) is 0 Å². The van der Waals surface area contributed by atoms with Crippen LogP contribution in [-0.4, -0.2) is 84.6 Å². The largest absolute Gasteiger partial charge is 0.464 e. The summed E-state index contributed by atoms with van der Waals surface area (Å²) in [5.41, 5.74) is -4.37. The van der Waals surface area contributed by atoms with E-state index < -0.39 is 33.2 Å². The van der Waals surface area contributed by atoms with Gasteiger partial charge in [-0.15, -0.1) is 0 Å². The number of carbonyl (C=O) groups is 3. The molecule has 2 N–H and O–H groups in total. The van der Waals surface area contributed by atoms with Gasteiger partial charge in [-0.2, -0.15) is 0 Å². The lowest BCUT2D eigenvalue weighted by Crippen LogP contribution is -2.68. The Balaban J connectivity index is 0.867. The van der Waals surface area contributed by atoms with E-state index in [9.17, 15) is 24.6 Å². The lowest BCUT2D eigenvalue weighted by molar-refractivity contribution is -0.394. The van der Waals surface area contributed by atoms with Crippen LogP contribution < -0.4 is 0 Å². The fraction of sp³-hybridized carbons (Fsp3) is 0.930. The molecular weight excluding hydrogens is 676 g/mol. The molecule has 0 aromatic heterocycles. The summed E-state index contributed by atoms with van der Waals surface area (Å²) in [5.74, 6) is 0.305. The van der Waals surface area contributed by atoms with Gasteiger partial charge in [0.15, 0.2) is 11.6 Å². The van der Waals surface area contributed by atoms with Crippen LogP contribution in [0.2, 0.25) is 0 Å². The lowest BCUT2D eigenvalue weighted by Gasteiger charge is -2.66. The van der Waals surface area contributed by atoms with Crippen molar-refractivity contribution in [2.75, 3.05) is 39.6 Å². The van der Waals surface area contributed by atoms with Gasteiger partial charge in [-0.25, -0.2) is 0 Å². The van der Waals surface area contributed by atoms with Gasteiger partial charge in [0.2, 0.25) is 0 Å². The summed E-state index contributed by atoms with van der Waals surface area (Å²) < 4.78 is 32.9. The summed E-state index contributed by atoms with van der Waals surface area (Å²) in [6.07, 6.45) is 12.4. The SMILES string of the molecule is CC(C)(C)COCC12CC3CC(C1)C1(OCC(COC(=O)C45CC6CC(CC(O)(C6)C4)C5)(COC(=O)C45CC6CC(C4)C(=O)C(O)(C6)C5)CO1)C(C3)C2. The summed E-state index contributed by atoms with van der Waals surface area (Å²) in [5, 5.41) is 22.7. The minimum atomic E-state index is -1.43. The molecule has 53 heavy (non-hydrogen) atoms. The Morgan fingerprint density at radius 2 is 1.28 bits per heavy atom. The molecule has 1 saturated heterocycles. The van der Waals surface area contributed by atoms with Crippen molar-refractivity contribution >= 4 is 17.7 Å². The van der Waals surface area contributed by atoms with Crippen molar-refractivity contribution in [2.45, 2.75) is 140 Å². The van der Waals surface area contributed by atoms with Crippen LogP contribution in [0.4, 0.5) is 0 Å². The fourth-order valence-electron chi connectivity index (χ4n) is 15.4. The van der Waals surface area contributed by atoms with E-state index in [1.54, 1.807) is 0 Å². The van der Waals surface area contributed by atoms with Crippen LogP contribution in [0.3, 0.4) is 0 Å². The Morgan fingerprint density at radius 1 is 0.698 bits per heavy atom. The first-order valence-electron chi connectivity index (χ1n) is 21.1. The first kappa shape index (κ1) is 35.8. The molecule has 0 amide bonds. The highest BCUT2D eigenvalue weighted by Crippen LogP contribution is 2.67. The fourth-order valence-corrected chi connectivity index (χ4v) is 15.4. The second kappa shape index (κ2) is 11.5. The van der Waals surface area contributed by atoms with Gasteiger partial charge in [0, 0.05) is 17.8 Å². The van der Waals surface area contributed by atoms with Crippen molar-refractivity contribution in [3.8, 4) is 0 Å². The molecule has 0 aromatic rings. The van der Waals surface area contributed by atoms with E-state index in [1.807, 2.05) is 0 Å². The molecule has 0 radical (unpaired) electrons. The molecule has 0 aromatic carbocycles. The molecule has 8 atom stereocenters. The molecule has 10 nitrogen and oxygen atoms in total. The summed E-state index contributed by atoms with van der Waals surface area (Å²) in [7, 11) is 0. The van der Waals surface area contributed by atoms with E-state index in [0.29, 0.717) is 43.4 Å². The van der Waals surface area contributed by atoms with E-state index in [1.165, 1.54) is 6.42 Å². The zero-order valence-electron chi connectivity index (χ0n) is 32.3. The van der Waals surface area contributed by atoms with Gasteiger partial charge >= 0.3 is 11.9 Å². The maximum Gasteiger partial charge on any atom is 0.312 e. The average molecular weight is 739 g/mol. The van der Waals surface area contributed by atoms with Crippen molar-refractivity contribution in [1.29, 1.82) is 0 Å². The smallest absolute Gasteiger partial charge is 0.312 e. The van der Waals surface area contributed by atoms with Gasteiger partial charge in [0.25, 0.3) is 0 Å². The molecule has 1 aliphatic heterocycles. The molecule has 10 heteroatoms. The molecule has 1 heterocycles. The highest BCUT2D eigenvalue weighted by Gasteiger charge is 2.68. The van der Waals surface area contributed by atoms with Crippen molar-refractivity contribution in [1.82, 2.24) is 0 Å². The number of esters is 2. The van der Waals surface area contributed by atoms with Crippen LogP contribution in [0.25, 0.3) is 0 Å².